The smallest absolute Gasteiger partial charge is 0.0547 e. The Morgan fingerprint density at radius 1 is 0.286 bits per heavy atom. The highest BCUT2D eigenvalue weighted by atomic mass is 15.1. The van der Waals surface area contributed by atoms with E-state index in [4.69, 9.17) is 0 Å². The highest BCUT2D eigenvalue weighted by molar-refractivity contribution is 6.12. The van der Waals surface area contributed by atoms with Gasteiger partial charge in [0.15, 0.2) is 0 Å². The van der Waals surface area contributed by atoms with Gasteiger partial charge in [-0.3, -0.25) is 0 Å². The van der Waals surface area contributed by atoms with E-state index < -0.39 is 0 Å². The summed E-state index contributed by atoms with van der Waals surface area (Å²) in [4.78, 5) is 2.38. The van der Waals surface area contributed by atoms with E-state index in [2.05, 4.69) is 228 Å². The minimum absolute atomic E-state index is 1.10. The second-order valence-electron chi connectivity index (χ2n) is 14.6. The first kappa shape index (κ1) is 32.0. The van der Waals surface area contributed by atoms with Gasteiger partial charge in [0.25, 0.3) is 0 Å². The summed E-state index contributed by atoms with van der Waals surface area (Å²) in [7, 11) is 0. The number of rotatable bonds is 6. The molecule has 0 spiro atoms. The SMILES string of the molecule is c1ccc(-n2c3ccccc3c3ccc(-c4cccc(N(c5ccc(-c6cccc7c6ccc6ccccc67)cc5)c5ccc6ccccc6c5)c4)cc32)cc1. The third kappa shape index (κ3) is 5.34. The van der Waals surface area contributed by atoms with Crippen LogP contribution < -0.4 is 4.90 Å². The van der Waals surface area contributed by atoms with E-state index in [1.54, 1.807) is 0 Å². The molecule has 2 heteroatoms. The van der Waals surface area contributed by atoms with Crippen LogP contribution in [0.4, 0.5) is 17.1 Å². The molecule has 0 unspecified atom stereocenters. The largest absolute Gasteiger partial charge is 0.310 e. The molecule has 0 atom stereocenters. The van der Waals surface area contributed by atoms with E-state index in [1.165, 1.54) is 76.4 Å². The Bertz CT molecular complexity index is 3250. The van der Waals surface area contributed by atoms with Crippen molar-refractivity contribution in [1.29, 1.82) is 0 Å². The number of hydrogen-bond acceptors (Lipinski definition) is 1. The van der Waals surface area contributed by atoms with Crippen LogP contribution in [0.15, 0.2) is 218 Å². The van der Waals surface area contributed by atoms with Crippen molar-refractivity contribution in [2.75, 3.05) is 4.90 Å². The third-order valence-electron chi connectivity index (χ3n) is 11.3. The van der Waals surface area contributed by atoms with Crippen LogP contribution in [0.25, 0.3) is 82.1 Å². The molecule has 0 aliphatic rings. The normalized spacial score (nSPS) is 11.6. The molecule has 10 aromatic carbocycles. The Balaban J connectivity index is 1.04. The second kappa shape index (κ2) is 13.2. The molecule has 0 bridgehead atoms. The first-order chi connectivity index (χ1) is 27.8. The maximum absolute atomic E-state index is 2.39. The predicted octanol–water partition coefficient (Wildman–Crippen LogP) is 15.0. The number of hydrogen-bond donors (Lipinski definition) is 0. The molecule has 0 aliphatic carbocycles. The van der Waals surface area contributed by atoms with Crippen molar-refractivity contribution < 1.29 is 0 Å². The van der Waals surface area contributed by atoms with Crippen molar-refractivity contribution in [1.82, 2.24) is 4.57 Å². The molecule has 0 saturated carbocycles. The van der Waals surface area contributed by atoms with Gasteiger partial charge in [-0.15, -0.1) is 0 Å². The van der Waals surface area contributed by atoms with Gasteiger partial charge in [-0.2, -0.15) is 0 Å². The van der Waals surface area contributed by atoms with Crippen molar-refractivity contribution >= 4 is 71.2 Å². The maximum Gasteiger partial charge on any atom is 0.0547 e. The summed E-state index contributed by atoms with van der Waals surface area (Å²) in [5.41, 5.74) is 11.7. The molecule has 1 aromatic heterocycles. The molecular formula is C54H36N2. The van der Waals surface area contributed by atoms with E-state index in [0.29, 0.717) is 0 Å². The number of aromatic nitrogens is 1. The average Bonchev–Trinajstić information content (AvgIpc) is 3.60. The fraction of sp³-hybridized carbons (Fsp3) is 0. The molecule has 56 heavy (non-hydrogen) atoms. The van der Waals surface area contributed by atoms with Gasteiger partial charge in [0.1, 0.15) is 0 Å². The number of para-hydroxylation sites is 2. The lowest BCUT2D eigenvalue weighted by atomic mass is 9.94. The van der Waals surface area contributed by atoms with Gasteiger partial charge in [0.2, 0.25) is 0 Å². The van der Waals surface area contributed by atoms with Gasteiger partial charge in [0.05, 0.1) is 11.0 Å². The van der Waals surface area contributed by atoms with Crippen LogP contribution in [-0.4, -0.2) is 4.57 Å². The molecule has 11 rings (SSSR count). The summed E-state index contributed by atoms with van der Waals surface area (Å²) in [5.74, 6) is 0. The van der Waals surface area contributed by atoms with E-state index in [1.807, 2.05) is 0 Å². The van der Waals surface area contributed by atoms with Gasteiger partial charge in [0, 0.05) is 33.5 Å². The lowest BCUT2D eigenvalue weighted by Crippen LogP contribution is -2.10. The van der Waals surface area contributed by atoms with Crippen molar-refractivity contribution in [3.8, 4) is 27.9 Å². The molecule has 0 saturated heterocycles. The summed E-state index contributed by atoms with van der Waals surface area (Å²) in [5, 5.41) is 10.0. The van der Waals surface area contributed by atoms with E-state index in [9.17, 15) is 0 Å². The molecule has 0 aliphatic heterocycles. The monoisotopic (exact) mass is 712 g/mol. The quantitative estimate of drug-likeness (QED) is 0.156. The fourth-order valence-electron chi connectivity index (χ4n) is 8.68. The maximum atomic E-state index is 2.39. The Morgan fingerprint density at radius 2 is 0.893 bits per heavy atom. The van der Waals surface area contributed by atoms with Crippen LogP contribution in [0.2, 0.25) is 0 Å². The van der Waals surface area contributed by atoms with Crippen LogP contribution in [-0.2, 0) is 0 Å². The lowest BCUT2D eigenvalue weighted by molar-refractivity contribution is 1.18. The van der Waals surface area contributed by atoms with Crippen molar-refractivity contribution in [3.05, 3.63) is 218 Å². The van der Waals surface area contributed by atoms with Crippen LogP contribution in [0.1, 0.15) is 0 Å². The predicted molar refractivity (Wildman–Crippen MR) is 239 cm³/mol. The first-order valence-electron chi connectivity index (χ1n) is 19.3. The molecule has 2 nitrogen and oxygen atoms in total. The Labute approximate surface area is 325 Å². The van der Waals surface area contributed by atoms with Crippen molar-refractivity contribution in [3.63, 3.8) is 0 Å². The third-order valence-corrected chi connectivity index (χ3v) is 11.3. The summed E-state index contributed by atoms with van der Waals surface area (Å²) in [6, 6.07) is 79.5. The van der Waals surface area contributed by atoms with Gasteiger partial charge in [-0.25, -0.2) is 0 Å². The zero-order chi connectivity index (χ0) is 37.0. The first-order valence-corrected chi connectivity index (χ1v) is 19.3. The van der Waals surface area contributed by atoms with Crippen LogP contribution in [0.5, 0.6) is 0 Å². The fourth-order valence-corrected chi connectivity index (χ4v) is 8.68. The molecule has 0 N–H and O–H groups in total. The van der Waals surface area contributed by atoms with Crippen LogP contribution in [0.3, 0.4) is 0 Å². The Kier molecular flexibility index (Phi) is 7.53. The minimum atomic E-state index is 1.10. The highest BCUT2D eigenvalue weighted by Gasteiger charge is 2.17. The number of fused-ring (bicyclic) bond motifs is 7. The second-order valence-corrected chi connectivity index (χ2v) is 14.6. The summed E-state index contributed by atoms with van der Waals surface area (Å²) >= 11 is 0. The molecule has 0 amide bonds. The number of anilines is 3. The minimum Gasteiger partial charge on any atom is -0.310 e. The summed E-state index contributed by atoms with van der Waals surface area (Å²) in [6.07, 6.45) is 0. The highest BCUT2D eigenvalue weighted by Crippen LogP contribution is 2.41. The zero-order valence-corrected chi connectivity index (χ0v) is 30.7. The van der Waals surface area contributed by atoms with Gasteiger partial charge in [-0.1, -0.05) is 158 Å². The summed E-state index contributed by atoms with van der Waals surface area (Å²) < 4.78 is 2.39. The van der Waals surface area contributed by atoms with E-state index in [0.717, 1.165) is 22.7 Å². The topological polar surface area (TPSA) is 8.17 Å². The van der Waals surface area contributed by atoms with E-state index >= 15 is 0 Å². The Morgan fingerprint density at radius 3 is 1.77 bits per heavy atom. The molecule has 0 radical (unpaired) electrons. The van der Waals surface area contributed by atoms with Crippen LogP contribution >= 0.6 is 0 Å². The summed E-state index contributed by atoms with van der Waals surface area (Å²) in [6.45, 7) is 0. The van der Waals surface area contributed by atoms with E-state index in [-0.39, 0.29) is 0 Å². The Hall–Kier alpha value is -7.42. The molecular weight excluding hydrogens is 677 g/mol. The van der Waals surface area contributed by atoms with Gasteiger partial charge in [-0.05, 0) is 115 Å². The molecule has 11 aromatic rings. The van der Waals surface area contributed by atoms with Crippen molar-refractivity contribution in [2.24, 2.45) is 0 Å². The van der Waals surface area contributed by atoms with Crippen LogP contribution in [0, 0.1) is 0 Å². The number of benzene rings is 10. The number of nitrogens with zero attached hydrogens (tertiary/aromatic N) is 2. The lowest BCUT2D eigenvalue weighted by Gasteiger charge is -2.26. The van der Waals surface area contributed by atoms with Crippen molar-refractivity contribution in [2.45, 2.75) is 0 Å². The average molecular weight is 713 g/mol. The molecule has 0 fully saturated rings. The zero-order valence-electron chi connectivity index (χ0n) is 30.7. The van der Waals surface area contributed by atoms with Gasteiger partial charge >= 0.3 is 0 Å². The molecule has 262 valence electrons. The molecule has 1 heterocycles. The van der Waals surface area contributed by atoms with Gasteiger partial charge < -0.3 is 9.47 Å². The standard InChI is InChI=1S/C54H36N2/c1-2-16-43(17-3-1)56-53-23-9-8-20-51(53)52-33-28-42(36-54(52)56)41-15-10-18-45(35-41)55(46-31-24-37-12-4-5-14-40(37)34-46)44-29-25-39(26-30-44)48-21-11-22-49-47-19-7-6-13-38(47)27-32-50(48)49/h1-36H.